The smallest absolute Gasteiger partial charge is 0.193 e. The highest BCUT2D eigenvalue weighted by Gasteiger charge is 2.43. The van der Waals surface area contributed by atoms with Gasteiger partial charge < -0.3 is 10.2 Å². The Bertz CT molecular complexity index is 626. The average molecular weight is 468 g/mol. The van der Waals surface area contributed by atoms with E-state index in [1.165, 1.54) is 75.8 Å². The topological polar surface area (TPSA) is 30.9 Å². The Balaban J connectivity index is 0.00000196. The first-order chi connectivity index (χ1) is 12.3. The highest BCUT2D eigenvalue weighted by Crippen LogP contribution is 2.47. The van der Waals surface area contributed by atoms with Gasteiger partial charge in [0.2, 0.25) is 0 Å². The van der Waals surface area contributed by atoms with E-state index in [2.05, 4.69) is 44.4 Å². The molecule has 5 heteroatoms. The van der Waals surface area contributed by atoms with E-state index in [1.807, 2.05) is 7.05 Å². The first-order valence-electron chi connectivity index (χ1n) is 10.0. The minimum absolute atomic E-state index is 0. The van der Waals surface area contributed by atoms with Crippen molar-refractivity contribution in [1.29, 1.82) is 0 Å². The van der Waals surface area contributed by atoms with Gasteiger partial charge in [-0.1, -0.05) is 30.7 Å². The van der Waals surface area contributed by atoms with Crippen LogP contribution in [0.15, 0.2) is 29.3 Å². The number of halogens is 1. The molecule has 0 atom stereocenters. The Kier molecular flexibility index (Phi) is 6.83. The predicted molar refractivity (Wildman–Crippen MR) is 119 cm³/mol. The highest BCUT2D eigenvalue weighted by molar-refractivity contribution is 14.0. The standard InChI is InChI=1S/C21H32N4.HI/c1-22-20(25-15-11-21(17-25)9-4-10-21)23-12-5-13-24-14-8-18-6-2-3-7-19(18)16-24;/h2-3,6-7H,4-5,8-17H2,1H3,(H,22,23);1H. The van der Waals surface area contributed by atoms with Gasteiger partial charge >= 0.3 is 0 Å². The summed E-state index contributed by atoms with van der Waals surface area (Å²) in [5, 5.41) is 3.61. The monoisotopic (exact) mass is 468 g/mol. The molecule has 1 saturated carbocycles. The first-order valence-corrected chi connectivity index (χ1v) is 10.0. The van der Waals surface area contributed by atoms with Crippen LogP contribution in [0.2, 0.25) is 0 Å². The normalized spacial score (nSPS) is 21.9. The summed E-state index contributed by atoms with van der Waals surface area (Å²) >= 11 is 0. The van der Waals surface area contributed by atoms with Gasteiger partial charge in [0.05, 0.1) is 0 Å². The van der Waals surface area contributed by atoms with Gasteiger partial charge in [-0.05, 0) is 48.6 Å². The van der Waals surface area contributed by atoms with Crippen molar-refractivity contribution in [2.75, 3.05) is 39.8 Å². The van der Waals surface area contributed by atoms with Crippen molar-refractivity contribution in [2.24, 2.45) is 10.4 Å². The fourth-order valence-corrected chi connectivity index (χ4v) is 4.78. The van der Waals surface area contributed by atoms with E-state index >= 15 is 0 Å². The molecular weight excluding hydrogens is 435 g/mol. The summed E-state index contributed by atoms with van der Waals surface area (Å²) in [6, 6.07) is 8.89. The maximum absolute atomic E-state index is 4.53. The summed E-state index contributed by atoms with van der Waals surface area (Å²) < 4.78 is 0. The number of likely N-dealkylation sites (tertiary alicyclic amines) is 1. The molecule has 1 N–H and O–H groups in total. The van der Waals surface area contributed by atoms with Gasteiger partial charge in [0.25, 0.3) is 0 Å². The van der Waals surface area contributed by atoms with Crippen LogP contribution in [-0.2, 0) is 13.0 Å². The molecule has 26 heavy (non-hydrogen) atoms. The quantitative estimate of drug-likeness (QED) is 0.318. The van der Waals surface area contributed by atoms with Crippen molar-refractivity contribution in [3.63, 3.8) is 0 Å². The molecule has 1 saturated heterocycles. The first kappa shape index (κ1) is 19.9. The second kappa shape index (κ2) is 8.91. The lowest BCUT2D eigenvalue weighted by molar-refractivity contribution is 0.151. The molecule has 0 amide bonds. The summed E-state index contributed by atoms with van der Waals surface area (Å²) in [6.45, 7) is 6.90. The number of hydrogen-bond acceptors (Lipinski definition) is 2. The molecule has 1 aromatic rings. The van der Waals surface area contributed by atoms with Crippen LogP contribution < -0.4 is 5.32 Å². The molecule has 1 spiro atoms. The molecule has 0 radical (unpaired) electrons. The molecule has 2 aliphatic heterocycles. The summed E-state index contributed by atoms with van der Waals surface area (Å²) in [5.41, 5.74) is 3.69. The maximum Gasteiger partial charge on any atom is 0.193 e. The molecule has 2 heterocycles. The van der Waals surface area contributed by atoms with Crippen molar-refractivity contribution < 1.29 is 0 Å². The van der Waals surface area contributed by atoms with Crippen molar-refractivity contribution in [3.05, 3.63) is 35.4 Å². The molecule has 2 fully saturated rings. The van der Waals surface area contributed by atoms with Crippen LogP contribution >= 0.6 is 24.0 Å². The molecule has 0 aromatic heterocycles. The number of nitrogens with zero attached hydrogens (tertiary/aromatic N) is 3. The SMILES string of the molecule is CN=C(NCCCN1CCc2ccccc2C1)N1CCC2(CCC2)C1.I. The molecule has 0 unspecified atom stereocenters. The Morgan fingerprint density at radius 3 is 2.65 bits per heavy atom. The van der Waals surface area contributed by atoms with E-state index in [1.54, 1.807) is 0 Å². The molecule has 4 rings (SSSR count). The second-order valence-corrected chi connectivity index (χ2v) is 8.15. The van der Waals surface area contributed by atoms with Crippen LogP contribution in [0, 0.1) is 5.41 Å². The van der Waals surface area contributed by atoms with E-state index in [4.69, 9.17) is 0 Å². The number of aliphatic imine (C=N–C) groups is 1. The molecule has 0 bridgehead atoms. The van der Waals surface area contributed by atoms with Crippen LogP contribution in [0.5, 0.6) is 0 Å². The van der Waals surface area contributed by atoms with Crippen LogP contribution in [0.3, 0.4) is 0 Å². The number of rotatable bonds is 4. The molecular formula is C21H33IN4. The number of benzene rings is 1. The van der Waals surface area contributed by atoms with Gasteiger partial charge in [-0.3, -0.25) is 9.89 Å². The molecule has 1 aliphatic carbocycles. The third-order valence-electron chi connectivity index (χ3n) is 6.51. The van der Waals surface area contributed by atoms with Gasteiger partial charge in [0.1, 0.15) is 0 Å². The lowest BCUT2D eigenvalue weighted by atomic mass is 9.68. The third-order valence-corrected chi connectivity index (χ3v) is 6.51. The van der Waals surface area contributed by atoms with E-state index in [9.17, 15) is 0 Å². The zero-order valence-electron chi connectivity index (χ0n) is 16.0. The summed E-state index contributed by atoms with van der Waals surface area (Å²) in [4.78, 5) is 9.60. The van der Waals surface area contributed by atoms with E-state index in [0.29, 0.717) is 5.41 Å². The maximum atomic E-state index is 4.53. The van der Waals surface area contributed by atoms with Crippen molar-refractivity contribution >= 4 is 29.9 Å². The van der Waals surface area contributed by atoms with Crippen LogP contribution in [0.4, 0.5) is 0 Å². The predicted octanol–water partition coefficient (Wildman–Crippen LogP) is 3.50. The zero-order valence-corrected chi connectivity index (χ0v) is 18.4. The van der Waals surface area contributed by atoms with Crippen LogP contribution in [-0.4, -0.2) is 55.5 Å². The van der Waals surface area contributed by atoms with Crippen LogP contribution in [0.25, 0.3) is 0 Å². The van der Waals surface area contributed by atoms with Gasteiger partial charge in [-0.25, -0.2) is 0 Å². The average Bonchev–Trinajstić information content (AvgIpc) is 3.08. The van der Waals surface area contributed by atoms with Crippen molar-refractivity contribution in [3.8, 4) is 0 Å². The van der Waals surface area contributed by atoms with Gasteiger partial charge in [0, 0.05) is 46.3 Å². The second-order valence-electron chi connectivity index (χ2n) is 8.15. The summed E-state index contributed by atoms with van der Waals surface area (Å²) in [7, 11) is 1.93. The number of fused-ring (bicyclic) bond motifs is 1. The highest BCUT2D eigenvalue weighted by atomic mass is 127. The molecule has 4 nitrogen and oxygen atoms in total. The Morgan fingerprint density at radius 1 is 1.15 bits per heavy atom. The van der Waals surface area contributed by atoms with E-state index < -0.39 is 0 Å². The number of guanidine groups is 1. The minimum Gasteiger partial charge on any atom is -0.356 e. The minimum atomic E-state index is 0. The van der Waals surface area contributed by atoms with Crippen molar-refractivity contribution in [2.45, 2.75) is 45.1 Å². The number of hydrogen-bond donors (Lipinski definition) is 1. The van der Waals surface area contributed by atoms with Crippen LogP contribution in [0.1, 0.15) is 43.2 Å². The fourth-order valence-electron chi connectivity index (χ4n) is 4.78. The Morgan fingerprint density at radius 2 is 1.96 bits per heavy atom. The van der Waals surface area contributed by atoms with E-state index in [0.717, 1.165) is 19.0 Å². The van der Waals surface area contributed by atoms with E-state index in [-0.39, 0.29) is 24.0 Å². The summed E-state index contributed by atoms with van der Waals surface area (Å²) in [5.74, 6) is 1.12. The molecule has 144 valence electrons. The Labute approximate surface area is 175 Å². The lowest BCUT2D eigenvalue weighted by Crippen LogP contribution is -2.43. The Hall–Kier alpha value is -0.820. The molecule has 3 aliphatic rings. The van der Waals surface area contributed by atoms with Gasteiger partial charge in [-0.15, -0.1) is 24.0 Å². The number of nitrogens with one attached hydrogen (secondary N) is 1. The molecule has 1 aromatic carbocycles. The fraction of sp³-hybridized carbons (Fsp3) is 0.667. The largest absolute Gasteiger partial charge is 0.356 e. The zero-order chi connectivity index (χ0) is 17.1. The van der Waals surface area contributed by atoms with Gasteiger partial charge in [-0.2, -0.15) is 0 Å². The summed E-state index contributed by atoms with van der Waals surface area (Å²) in [6.07, 6.45) is 8.02. The van der Waals surface area contributed by atoms with Gasteiger partial charge in [0.15, 0.2) is 5.96 Å². The van der Waals surface area contributed by atoms with Crippen molar-refractivity contribution in [1.82, 2.24) is 15.1 Å². The lowest BCUT2D eigenvalue weighted by Gasteiger charge is -2.38. The third kappa shape index (κ3) is 4.35.